The second-order valence-electron chi connectivity index (χ2n) is 9.35. The summed E-state index contributed by atoms with van der Waals surface area (Å²) in [6, 6.07) is 0. The van der Waals surface area contributed by atoms with E-state index in [1.807, 2.05) is 13.8 Å². The zero-order valence-electron chi connectivity index (χ0n) is 21.5. The van der Waals surface area contributed by atoms with Crippen LogP contribution < -0.4 is 0 Å². The van der Waals surface area contributed by atoms with Gasteiger partial charge in [-0.2, -0.15) is 0 Å². The number of aliphatic hydroxyl groups is 1. The van der Waals surface area contributed by atoms with Crippen LogP contribution in [-0.4, -0.2) is 57.5 Å². The van der Waals surface area contributed by atoms with Gasteiger partial charge in [-0.15, -0.1) is 0 Å². The van der Waals surface area contributed by atoms with Crippen LogP contribution in [0.2, 0.25) is 0 Å². The van der Waals surface area contributed by atoms with Crippen molar-refractivity contribution in [2.45, 2.75) is 77.8 Å². The van der Waals surface area contributed by atoms with Crippen molar-refractivity contribution in [2.75, 3.05) is 28.4 Å². The van der Waals surface area contributed by atoms with Crippen LogP contribution in [0.5, 0.6) is 0 Å². The predicted molar refractivity (Wildman–Crippen MR) is 126 cm³/mol. The van der Waals surface area contributed by atoms with Crippen molar-refractivity contribution in [3.05, 3.63) is 34.8 Å². The van der Waals surface area contributed by atoms with E-state index in [4.69, 9.17) is 23.7 Å². The molecule has 1 aliphatic carbocycles. The van der Waals surface area contributed by atoms with E-state index in [0.717, 1.165) is 25.7 Å². The first-order valence-corrected chi connectivity index (χ1v) is 11.8. The number of carbonyl (C=O) groups is 1. The molecule has 1 N–H and O–H groups in total. The monoisotopic (exact) mass is 466 g/mol. The Morgan fingerprint density at radius 2 is 1.76 bits per heavy atom. The average Bonchev–Trinajstić information content (AvgIpc) is 3.09. The van der Waals surface area contributed by atoms with Gasteiger partial charge in [-0.1, -0.05) is 37.1 Å². The molecule has 0 saturated carbocycles. The summed E-state index contributed by atoms with van der Waals surface area (Å²) in [5.74, 6) is -0.809. The van der Waals surface area contributed by atoms with Gasteiger partial charge in [0, 0.05) is 32.5 Å². The molecular formula is C26H42O7. The van der Waals surface area contributed by atoms with Crippen LogP contribution in [0.15, 0.2) is 34.8 Å². The number of methoxy groups -OCH3 is 4. The van der Waals surface area contributed by atoms with Crippen LogP contribution in [0, 0.1) is 17.8 Å². The Bertz CT molecular complexity index is 763. The average molecular weight is 467 g/mol. The maximum absolute atomic E-state index is 11.6. The third-order valence-corrected chi connectivity index (χ3v) is 7.11. The lowest BCUT2D eigenvalue weighted by Gasteiger charge is -2.46. The van der Waals surface area contributed by atoms with Gasteiger partial charge in [0.25, 0.3) is 0 Å². The number of esters is 1. The second kappa shape index (κ2) is 12.0. The van der Waals surface area contributed by atoms with E-state index in [9.17, 15) is 9.90 Å². The van der Waals surface area contributed by atoms with Crippen molar-refractivity contribution < 1.29 is 33.6 Å². The molecule has 0 amide bonds. The summed E-state index contributed by atoms with van der Waals surface area (Å²) in [7, 11) is 6.19. The smallest absolute Gasteiger partial charge is 0.309 e. The van der Waals surface area contributed by atoms with Crippen molar-refractivity contribution in [2.24, 2.45) is 17.8 Å². The molecule has 1 heterocycles. The van der Waals surface area contributed by atoms with Crippen molar-refractivity contribution in [3.63, 3.8) is 0 Å². The minimum atomic E-state index is -1.12. The van der Waals surface area contributed by atoms with Gasteiger partial charge in [-0.25, -0.2) is 0 Å². The summed E-state index contributed by atoms with van der Waals surface area (Å²) >= 11 is 0. The van der Waals surface area contributed by atoms with Gasteiger partial charge >= 0.3 is 5.97 Å². The molecule has 1 saturated heterocycles. The zero-order valence-corrected chi connectivity index (χ0v) is 21.5. The lowest BCUT2D eigenvalue weighted by molar-refractivity contribution is -0.256. The van der Waals surface area contributed by atoms with Gasteiger partial charge < -0.3 is 28.8 Å². The summed E-state index contributed by atoms with van der Waals surface area (Å²) < 4.78 is 28.0. The Labute approximate surface area is 198 Å². The quantitative estimate of drug-likeness (QED) is 0.272. The summed E-state index contributed by atoms with van der Waals surface area (Å²) in [5.41, 5.74) is 2.50. The molecule has 5 atom stereocenters. The van der Waals surface area contributed by atoms with Gasteiger partial charge in [0.2, 0.25) is 5.79 Å². The molecule has 2 rings (SSSR count). The van der Waals surface area contributed by atoms with E-state index in [2.05, 4.69) is 26.0 Å². The zero-order chi connectivity index (χ0) is 24.8. The van der Waals surface area contributed by atoms with E-state index in [1.54, 1.807) is 14.2 Å². The standard InChI is InChI=1S/C26H42O7/c1-16(10-9-11-17(2)14-20-15-18(3)25(28)33-20)12-13-21-19(4)26(31-7,32-8)24(30-6)23(29-5)22(21)27/h11-12,18-22,27H,9-10,13-15H2,1-8H3/b16-12+,17-11+. The van der Waals surface area contributed by atoms with E-state index >= 15 is 0 Å². The molecular weight excluding hydrogens is 424 g/mol. The molecule has 0 aromatic heterocycles. The van der Waals surface area contributed by atoms with Crippen molar-refractivity contribution in [1.82, 2.24) is 0 Å². The summed E-state index contributed by atoms with van der Waals surface area (Å²) in [6.45, 7) is 8.12. The molecule has 7 nitrogen and oxygen atoms in total. The second-order valence-corrected chi connectivity index (χ2v) is 9.35. The Kier molecular flexibility index (Phi) is 10.0. The molecule has 2 aliphatic rings. The largest absolute Gasteiger partial charge is 0.495 e. The van der Waals surface area contributed by atoms with Crippen molar-refractivity contribution in [3.8, 4) is 0 Å². The van der Waals surface area contributed by atoms with Crippen LogP contribution >= 0.6 is 0 Å². The SMILES string of the molecule is COC1=C(OC)C(OC)(OC)C(C)C(C/C=C(\C)CC/C=C(\C)CC2CC(C)C(=O)O2)C1O. The molecule has 7 heteroatoms. The number of carbonyl (C=O) groups excluding carboxylic acids is 1. The van der Waals surface area contributed by atoms with Gasteiger partial charge in [-0.05, 0) is 39.5 Å². The maximum atomic E-state index is 11.6. The molecule has 33 heavy (non-hydrogen) atoms. The van der Waals surface area contributed by atoms with E-state index in [1.165, 1.54) is 25.4 Å². The fourth-order valence-electron chi connectivity index (χ4n) is 5.06. The van der Waals surface area contributed by atoms with Gasteiger partial charge in [0.1, 0.15) is 12.2 Å². The number of hydrogen-bond donors (Lipinski definition) is 1. The van der Waals surface area contributed by atoms with Crippen LogP contribution in [-0.2, 0) is 28.5 Å². The first-order valence-electron chi connectivity index (χ1n) is 11.8. The fraction of sp³-hybridized carbons (Fsp3) is 0.731. The minimum absolute atomic E-state index is 0.00824. The van der Waals surface area contributed by atoms with Crippen LogP contribution in [0.4, 0.5) is 0 Å². The Morgan fingerprint density at radius 1 is 1.09 bits per heavy atom. The first kappa shape index (κ1) is 27.4. The lowest BCUT2D eigenvalue weighted by Crippen LogP contribution is -2.54. The molecule has 1 fully saturated rings. The normalized spacial score (nSPS) is 30.5. The van der Waals surface area contributed by atoms with Crippen LogP contribution in [0.25, 0.3) is 0 Å². The number of allylic oxidation sites excluding steroid dienone is 3. The Hall–Kier alpha value is -1.83. The topological polar surface area (TPSA) is 83.5 Å². The van der Waals surface area contributed by atoms with Gasteiger partial charge in [0.05, 0.1) is 20.1 Å². The molecule has 0 spiro atoms. The molecule has 5 unspecified atom stereocenters. The molecule has 1 aliphatic heterocycles. The molecule has 0 bridgehead atoms. The number of aliphatic hydroxyl groups excluding tert-OH is 1. The molecule has 188 valence electrons. The van der Waals surface area contributed by atoms with Crippen LogP contribution in [0.1, 0.15) is 59.8 Å². The number of rotatable bonds is 11. The Balaban J connectivity index is 2.01. The first-order chi connectivity index (χ1) is 15.6. The number of cyclic esters (lactones) is 1. The predicted octanol–water partition coefficient (Wildman–Crippen LogP) is 4.51. The molecule has 0 radical (unpaired) electrons. The summed E-state index contributed by atoms with van der Waals surface area (Å²) in [4.78, 5) is 11.6. The van der Waals surface area contributed by atoms with Gasteiger partial charge in [0.15, 0.2) is 11.5 Å². The third-order valence-electron chi connectivity index (χ3n) is 7.11. The van der Waals surface area contributed by atoms with Crippen molar-refractivity contribution >= 4 is 5.97 Å². The Morgan fingerprint density at radius 3 is 2.27 bits per heavy atom. The highest BCUT2D eigenvalue weighted by Crippen LogP contribution is 2.46. The minimum Gasteiger partial charge on any atom is -0.495 e. The fourth-order valence-corrected chi connectivity index (χ4v) is 5.06. The van der Waals surface area contributed by atoms with Gasteiger partial charge in [-0.3, -0.25) is 4.79 Å². The summed E-state index contributed by atoms with van der Waals surface area (Å²) in [6.07, 6.45) is 7.70. The van der Waals surface area contributed by atoms with E-state index in [-0.39, 0.29) is 29.8 Å². The third kappa shape index (κ3) is 6.00. The maximum Gasteiger partial charge on any atom is 0.309 e. The summed E-state index contributed by atoms with van der Waals surface area (Å²) in [5, 5.41) is 11.0. The molecule has 0 aromatic carbocycles. The van der Waals surface area contributed by atoms with E-state index < -0.39 is 11.9 Å². The highest BCUT2D eigenvalue weighted by Gasteiger charge is 2.54. The van der Waals surface area contributed by atoms with E-state index in [0.29, 0.717) is 17.9 Å². The highest BCUT2D eigenvalue weighted by molar-refractivity contribution is 5.74. The molecule has 0 aromatic rings. The lowest BCUT2D eigenvalue weighted by atomic mass is 9.74. The van der Waals surface area contributed by atoms with Crippen molar-refractivity contribution in [1.29, 1.82) is 0 Å². The number of ether oxygens (including phenoxy) is 5. The highest BCUT2D eigenvalue weighted by atomic mass is 16.7. The number of hydrogen-bond acceptors (Lipinski definition) is 7. The van der Waals surface area contributed by atoms with Crippen LogP contribution in [0.3, 0.4) is 0 Å².